The molecule has 0 aliphatic carbocycles. The van der Waals surface area contributed by atoms with Crippen LogP contribution in [0.5, 0.6) is 11.5 Å². The molecule has 2 rings (SSSR count). The molecule has 0 aliphatic heterocycles. The van der Waals surface area contributed by atoms with Gasteiger partial charge in [0.15, 0.2) is 11.5 Å². The van der Waals surface area contributed by atoms with E-state index in [2.05, 4.69) is 9.97 Å². The summed E-state index contributed by atoms with van der Waals surface area (Å²) in [6, 6.07) is 3.64. The van der Waals surface area contributed by atoms with Crippen LogP contribution in [-0.4, -0.2) is 23.7 Å². The lowest BCUT2D eigenvalue weighted by atomic mass is 10.2. The van der Waals surface area contributed by atoms with Gasteiger partial charge in [-0.25, -0.2) is 4.98 Å². The Morgan fingerprint density at radius 3 is 2.82 bits per heavy atom. The molecule has 0 unspecified atom stereocenters. The molecule has 17 heavy (non-hydrogen) atoms. The highest BCUT2D eigenvalue weighted by Crippen LogP contribution is 2.38. The molecule has 1 heterocycles. The van der Waals surface area contributed by atoms with Crippen LogP contribution in [0.25, 0.3) is 11.4 Å². The standard InChI is InChI=1S/C12H13ClN2O2/c1-3-17-11-9(13)6-8(7-10(11)16-2)12-14-4-5-15-12/h4-7H,3H2,1-2H3,(H,14,15). The first-order valence-electron chi connectivity index (χ1n) is 5.26. The summed E-state index contributed by atoms with van der Waals surface area (Å²) in [6.07, 6.45) is 3.44. The molecule has 2 aromatic rings. The summed E-state index contributed by atoms with van der Waals surface area (Å²) in [5.74, 6) is 1.91. The quantitative estimate of drug-likeness (QED) is 0.909. The first kappa shape index (κ1) is 11.8. The second-order valence-corrected chi connectivity index (χ2v) is 3.77. The molecule has 1 N–H and O–H groups in total. The molecule has 5 heteroatoms. The van der Waals surface area contributed by atoms with E-state index in [1.807, 2.05) is 13.0 Å². The highest BCUT2D eigenvalue weighted by Gasteiger charge is 2.13. The van der Waals surface area contributed by atoms with Crippen molar-refractivity contribution in [3.05, 3.63) is 29.5 Å². The fourth-order valence-corrected chi connectivity index (χ4v) is 1.83. The van der Waals surface area contributed by atoms with E-state index in [1.165, 1.54) is 0 Å². The zero-order valence-corrected chi connectivity index (χ0v) is 10.4. The molecule has 0 fully saturated rings. The smallest absolute Gasteiger partial charge is 0.179 e. The lowest BCUT2D eigenvalue weighted by Crippen LogP contribution is -1.97. The maximum Gasteiger partial charge on any atom is 0.179 e. The topological polar surface area (TPSA) is 47.1 Å². The summed E-state index contributed by atoms with van der Waals surface area (Å²) < 4.78 is 10.7. The van der Waals surface area contributed by atoms with Gasteiger partial charge in [-0.1, -0.05) is 11.6 Å². The number of ether oxygens (including phenoxy) is 2. The van der Waals surface area contributed by atoms with Crippen LogP contribution in [0.4, 0.5) is 0 Å². The monoisotopic (exact) mass is 252 g/mol. The van der Waals surface area contributed by atoms with E-state index in [4.69, 9.17) is 21.1 Å². The summed E-state index contributed by atoms with van der Waals surface area (Å²) in [5.41, 5.74) is 0.861. The van der Waals surface area contributed by atoms with E-state index in [1.54, 1.807) is 25.6 Å². The average molecular weight is 253 g/mol. The first-order valence-corrected chi connectivity index (χ1v) is 5.64. The SMILES string of the molecule is CCOc1c(Cl)cc(-c2ncc[nH]2)cc1OC. The largest absolute Gasteiger partial charge is 0.493 e. The van der Waals surface area contributed by atoms with Gasteiger partial charge in [0.05, 0.1) is 18.7 Å². The molecular weight excluding hydrogens is 240 g/mol. The van der Waals surface area contributed by atoms with Gasteiger partial charge in [0.2, 0.25) is 0 Å². The molecular formula is C12H13ClN2O2. The number of nitrogens with zero attached hydrogens (tertiary/aromatic N) is 1. The van der Waals surface area contributed by atoms with Crippen LogP contribution in [0.15, 0.2) is 24.5 Å². The predicted molar refractivity (Wildman–Crippen MR) is 66.8 cm³/mol. The molecule has 0 atom stereocenters. The third kappa shape index (κ3) is 2.36. The maximum absolute atomic E-state index is 6.16. The van der Waals surface area contributed by atoms with Gasteiger partial charge in [-0.15, -0.1) is 0 Å². The van der Waals surface area contributed by atoms with Gasteiger partial charge in [-0.3, -0.25) is 0 Å². The molecule has 4 nitrogen and oxygen atoms in total. The average Bonchev–Trinajstić information content (AvgIpc) is 2.85. The predicted octanol–water partition coefficient (Wildman–Crippen LogP) is 3.14. The van der Waals surface area contributed by atoms with Gasteiger partial charge in [0.25, 0.3) is 0 Å². The molecule has 0 radical (unpaired) electrons. The second-order valence-electron chi connectivity index (χ2n) is 3.36. The van der Waals surface area contributed by atoms with Crippen LogP contribution < -0.4 is 9.47 Å². The van der Waals surface area contributed by atoms with Crippen LogP contribution >= 0.6 is 11.6 Å². The summed E-state index contributed by atoms with van der Waals surface area (Å²) in [6.45, 7) is 2.44. The molecule has 1 aromatic carbocycles. The second kappa shape index (κ2) is 5.10. The van der Waals surface area contributed by atoms with Crippen LogP contribution in [0, 0.1) is 0 Å². The number of nitrogens with one attached hydrogen (secondary N) is 1. The third-order valence-corrected chi connectivity index (χ3v) is 2.57. The number of hydrogen-bond donors (Lipinski definition) is 1. The van der Waals surface area contributed by atoms with E-state index >= 15 is 0 Å². The summed E-state index contributed by atoms with van der Waals surface area (Å²) >= 11 is 6.16. The molecule has 0 spiro atoms. The summed E-state index contributed by atoms with van der Waals surface area (Å²) in [7, 11) is 1.58. The van der Waals surface area contributed by atoms with E-state index < -0.39 is 0 Å². The van der Waals surface area contributed by atoms with E-state index in [9.17, 15) is 0 Å². The Labute approximate surface area is 105 Å². The Bertz CT molecular complexity index is 497. The fraction of sp³-hybridized carbons (Fsp3) is 0.250. The van der Waals surface area contributed by atoms with Gasteiger partial charge >= 0.3 is 0 Å². The number of imidazole rings is 1. The van der Waals surface area contributed by atoms with Gasteiger partial charge in [-0.05, 0) is 19.1 Å². The van der Waals surface area contributed by atoms with Crippen molar-refractivity contribution in [2.45, 2.75) is 6.92 Å². The number of rotatable bonds is 4. The molecule has 1 aromatic heterocycles. The lowest BCUT2D eigenvalue weighted by molar-refractivity contribution is 0.311. The molecule has 90 valence electrons. The minimum Gasteiger partial charge on any atom is -0.493 e. The van der Waals surface area contributed by atoms with Crippen molar-refractivity contribution >= 4 is 11.6 Å². The van der Waals surface area contributed by atoms with Crippen LogP contribution in [0.1, 0.15) is 6.92 Å². The number of aromatic amines is 1. The van der Waals surface area contributed by atoms with Gasteiger partial charge in [0, 0.05) is 18.0 Å². The Hall–Kier alpha value is -1.68. The van der Waals surface area contributed by atoms with Crippen molar-refractivity contribution in [1.29, 1.82) is 0 Å². The minimum absolute atomic E-state index is 0.512. The number of methoxy groups -OCH3 is 1. The number of hydrogen-bond acceptors (Lipinski definition) is 3. The van der Waals surface area contributed by atoms with E-state index in [0.29, 0.717) is 23.1 Å². The minimum atomic E-state index is 0.512. The zero-order valence-electron chi connectivity index (χ0n) is 9.66. The maximum atomic E-state index is 6.16. The van der Waals surface area contributed by atoms with Crippen LogP contribution in [0.2, 0.25) is 5.02 Å². The highest BCUT2D eigenvalue weighted by atomic mass is 35.5. The molecule has 0 bridgehead atoms. The summed E-state index contributed by atoms with van der Waals surface area (Å²) in [5, 5.41) is 0.512. The zero-order chi connectivity index (χ0) is 12.3. The highest BCUT2D eigenvalue weighted by molar-refractivity contribution is 6.32. The van der Waals surface area contributed by atoms with Crippen molar-refractivity contribution < 1.29 is 9.47 Å². The van der Waals surface area contributed by atoms with Gasteiger partial charge in [0.1, 0.15) is 5.82 Å². The first-order chi connectivity index (χ1) is 8.26. The van der Waals surface area contributed by atoms with Crippen molar-refractivity contribution in [2.24, 2.45) is 0 Å². The summed E-state index contributed by atoms with van der Waals surface area (Å²) in [4.78, 5) is 7.19. The Balaban J connectivity index is 2.48. The number of aromatic nitrogens is 2. The molecule has 0 amide bonds. The van der Waals surface area contributed by atoms with Crippen molar-refractivity contribution in [3.63, 3.8) is 0 Å². The Kier molecular flexibility index (Phi) is 3.54. The lowest BCUT2D eigenvalue weighted by Gasteiger charge is -2.12. The van der Waals surface area contributed by atoms with E-state index in [0.717, 1.165) is 11.4 Å². The van der Waals surface area contributed by atoms with Crippen molar-refractivity contribution in [3.8, 4) is 22.9 Å². The van der Waals surface area contributed by atoms with Gasteiger partial charge < -0.3 is 14.5 Å². The van der Waals surface area contributed by atoms with Crippen molar-refractivity contribution in [2.75, 3.05) is 13.7 Å². The Morgan fingerprint density at radius 2 is 2.24 bits per heavy atom. The van der Waals surface area contributed by atoms with Gasteiger partial charge in [-0.2, -0.15) is 0 Å². The number of benzene rings is 1. The van der Waals surface area contributed by atoms with E-state index in [-0.39, 0.29) is 0 Å². The number of halogens is 1. The molecule has 0 saturated heterocycles. The third-order valence-electron chi connectivity index (χ3n) is 2.29. The van der Waals surface area contributed by atoms with Crippen LogP contribution in [0.3, 0.4) is 0 Å². The Morgan fingerprint density at radius 1 is 1.41 bits per heavy atom. The molecule has 0 saturated carbocycles. The fourth-order valence-electron chi connectivity index (χ4n) is 1.56. The number of H-pyrrole nitrogens is 1. The normalized spacial score (nSPS) is 10.3. The van der Waals surface area contributed by atoms with Crippen molar-refractivity contribution in [1.82, 2.24) is 9.97 Å². The molecule has 0 aliphatic rings. The van der Waals surface area contributed by atoms with Crippen LogP contribution in [-0.2, 0) is 0 Å².